The van der Waals surface area contributed by atoms with Crippen LogP contribution in [0.1, 0.15) is 76.6 Å². The van der Waals surface area contributed by atoms with E-state index >= 15 is 0 Å². The maximum Gasteiger partial charge on any atom is 0.333 e. The lowest BCUT2D eigenvalue weighted by atomic mass is 9.54. The Labute approximate surface area is 197 Å². The second kappa shape index (κ2) is 10.3. The van der Waals surface area contributed by atoms with Gasteiger partial charge >= 0.3 is 5.97 Å². The second-order valence-electron chi connectivity index (χ2n) is 10.5. The van der Waals surface area contributed by atoms with Crippen LogP contribution in [0.2, 0.25) is 0 Å². The van der Waals surface area contributed by atoms with Crippen LogP contribution in [0.3, 0.4) is 0 Å². The molecule has 4 aliphatic carbocycles. The van der Waals surface area contributed by atoms with Crippen molar-refractivity contribution < 1.29 is 19.1 Å². The number of hydrogen-bond acceptors (Lipinski definition) is 5. The molecule has 4 aliphatic rings. The van der Waals surface area contributed by atoms with Gasteiger partial charge in [-0.3, -0.25) is 4.79 Å². The molecule has 4 fully saturated rings. The minimum Gasteiger partial charge on any atom is -0.477 e. The Morgan fingerprint density at radius 1 is 1.15 bits per heavy atom. The SMILES string of the molecule is CCOC(=O)C(=CCn1ncc(C(=O)NC2C3CC4CC(C3)CC2C4)c1OCC(C)C)CC. The van der Waals surface area contributed by atoms with Crippen LogP contribution in [0, 0.1) is 29.6 Å². The lowest BCUT2D eigenvalue weighted by molar-refractivity contribution is -0.138. The average molecular weight is 458 g/mol. The van der Waals surface area contributed by atoms with Gasteiger partial charge in [0.05, 0.1) is 26.0 Å². The molecule has 0 atom stereocenters. The van der Waals surface area contributed by atoms with Crippen molar-refractivity contribution in [2.45, 2.75) is 78.8 Å². The Kier molecular flexibility index (Phi) is 7.45. The van der Waals surface area contributed by atoms with Crippen molar-refractivity contribution >= 4 is 11.9 Å². The number of allylic oxidation sites excluding steroid dienone is 1. The second-order valence-corrected chi connectivity index (χ2v) is 10.5. The van der Waals surface area contributed by atoms with Crippen LogP contribution in [-0.2, 0) is 16.1 Å². The van der Waals surface area contributed by atoms with Gasteiger partial charge in [0.25, 0.3) is 5.91 Å². The van der Waals surface area contributed by atoms with Crippen LogP contribution in [0.5, 0.6) is 5.88 Å². The first-order valence-electron chi connectivity index (χ1n) is 12.7. The van der Waals surface area contributed by atoms with Crippen molar-refractivity contribution in [1.29, 1.82) is 0 Å². The molecule has 33 heavy (non-hydrogen) atoms. The van der Waals surface area contributed by atoms with Crippen LogP contribution >= 0.6 is 0 Å². The van der Waals surface area contributed by atoms with E-state index in [2.05, 4.69) is 24.3 Å². The predicted molar refractivity (Wildman–Crippen MR) is 126 cm³/mol. The van der Waals surface area contributed by atoms with Gasteiger partial charge in [0, 0.05) is 11.6 Å². The Morgan fingerprint density at radius 3 is 2.39 bits per heavy atom. The molecule has 4 bridgehead atoms. The van der Waals surface area contributed by atoms with Crippen molar-refractivity contribution in [2.75, 3.05) is 13.2 Å². The van der Waals surface area contributed by atoms with Gasteiger partial charge in [0.2, 0.25) is 5.88 Å². The van der Waals surface area contributed by atoms with Crippen LogP contribution in [-0.4, -0.2) is 40.9 Å². The fourth-order valence-corrected chi connectivity index (χ4v) is 6.24. The average Bonchev–Trinajstić information content (AvgIpc) is 3.17. The molecule has 5 rings (SSSR count). The quantitative estimate of drug-likeness (QED) is 0.417. The molecular weight excluding hydrogens is 418 g/mol. The van der Waals surface area contributed by atoms with Gasteiger partial charge in [-0.2, -0.15) is 5.10 Å². The molecule has 1 heterocycles. The molecule has 0 radical (unpaired) electrons. The Morgan fingerprint density at radius 2 is 1.82 bits per heavy atom. The van der Waals surface area contributed by atoms with E-state index in [4.69, 9.17) is 9.47 Å². The van der Waals surface area contributed by atoms with E-state index in [1.54, 1.807) is 17.8 Å². The molecule has 1 N–H and O–H groups in total. The number of carbonyl (C=O) groups is 2. The summed E-state index contributed by atoms with van der Waals surface area (Å²) in [6, 6.07) is 0.266. The fraction of sp³-hybridized carbons (Fsp3) is 0.731. The first-order chi connectivity index (χ1) is 15.9. The van der Waals surface area contributed by atoms with Gasteiger partial charge < -0.3 is 14.8 Å². The van der Waals surface area contributed by atoms with Crippen LogP contribution in [0.15, 0.2) is 17.8 Å². The summed E-state index contributed by atoms with van der Waals surface area (Å²) in [5.74, 6) is 3.34. The summed E-state index contributed by atoms with van der Waals surface area (Å²) in [6.07, 6.45) is 10.4. The molecule has 1 aromatic rings. The van der Waals surface area contributed by atoms with Crippen LogP contribution < -0.4 is 10.1 Å². The number of amides is 1. The minimum absolute atomic E-state index is 0.0948. The number of nitrogens with one attached hydrogen (secondary N) is 1. The summed E-state index contributed by atoms with van der Waals surface area (Å²) in [5, 5.41) is 7.81. The molecule has 7 heteroatoms. The Balaban J connectivity index is 1.50. The van der Waals surface area contributed by atoms with Crippen LogP contribution in [0.4, 0.5) is 0 Å². The number of nitrogens with zero attached hydrogens (tertiary/aromatic N) is 2. The van der Waals surface area contributed by atoms with Gasteiger partial charge in [0.15, 0.2) is 0 Å². The standard InChI is InChI=1S/C26H39N3O4/c1-5-19(26(31)32-6-2)7-8-29-25(33-15-16(3)4)22(14-27-29)24(30)28-23-20-10-17-9-18(12-20)13-21(23)11-17/h7,14,16-18,20-21,23H,5-6,8-13,15H2,1-4H3,(H,28,30). The predicted octanol–water partition coefficient (Wildman–Crippen LogP) is 4.37. The van der Waals surface area contributed by atoms with E-state index in [0.717, 1.165) is 11.8 Å². The van der Waals surface area contributed by atoms with Crippen molar-refractivity contribution in [3.8, 4) is 5.88 Å². The summed E-state index contributed by atoms with van der Waals surface area (Å²) in [5.41, 5.74) is 1.08. The largest absolute Gasteiger partial charge is 0.477 e. The van der Waals surface area contributed by atoms with E-state index in [-0.39, 0.29) is 17.9 Å². The van der Waals surface area contributed by atoms with E-state index in [1.807, 2.05) is 13.0 Å². The number of carbonyl (C=O) groups excluding carboxylic acids is 2. The summed E-state index contributed by atoms with van der Waals surface area (Å²) in [7, 11) is 0. The fourth-order valence-electron chi connectivity index (χ4n) is 6.24. The Bertz CT molecular complexity index is 860. The van der Waals surface area contributed by atoms with Crippen molar-refractivity contribution in [3.63, 3.8) is 0 Å². The molecule has 0 aliphatic heterocycles. The van der Waals surface area contributed by atoms with E-state index < -0.39 is 0 Å². The van der Waals surface area contributed by atoms with Gasteiger partial charge in [0.1, 0.15) is 5.56 Å². The number of esters is 1. The first kappa shape index (κ1) is 23.8. The third-order valence-electron chi connectivity index (χ3n) is 7.54. The maximum atomic E-state index is 13.4. The zero-order valence-electron chi connectivity index (χ0n) is 20.5. The lowest BCUT2D eigenvalue weighted by Gasteiger charge is -2.54. The molecular formula is C26H39N3O4. The smallest absolute Gasteiger partial charge is 0.333 e. The zero-order chi connectivity index (χ0) is 23.5. The van der Waals surface area contributed by atoms with E-state index in [0.29, 0.717) is 60.9 Å². The van der Waals surface area contributed by atoms with Crippen LogP contribution in [0.25, 0.3) is 0 Å². The highest BCUT2D eigenvalue weighted by Crippen LogP contribution is 2.53. The summed E-state index contributed by atoms with van der Waals surface area (Å²) >= 11 is 0. The summed E-state index contributed by atoms with van der Waals surface area (Å²) in [4.78, 5) is 25.5. The molecule has 4 saturated carbocycles. The normalized spacial score (nSPS) is 28.3. The number of rotatable bonds is 10. The molecule has 0 saturated heterocycles. The van der Waals surface area contributed by atoms with Crippen molar-refractivity contribution in [1.82, 2.24) is 15.1 Å². The van der Waals surface area contributed by atoms with Gasteiger partial charge in [-0.15, -0.1) is 0 Å². The highest BCUT2D eigenvalue weighted by atomic mass is 16.5. The van der Waals surface area contributed by atoms with Gasteiger partial charge in [-0.25, -0.2) is 9.48 Å². The lowest BCUT2D eigenvalue weighted by Crippen LogP contribution is -2.55. The van der Waals surface area contributed by atoms with E-state index in [1.165, 1.54) is 32.1 Å². The number of ether oxygens (including phenoxy) is 2. The third kappa shape index (κ3) is 5.28. The molecule has 182 valence electrons. The topological polar surface area (TPSA) is 82.5 Å². The molecule has 7 nitrogen and oxygen atoms in total. The highest BCUT2D eigenvalue weighted by molar-refractivity contribution is 5.96. The van der Waals surface area contributed by atoms with Crippen molar-refractivity contribution in [2.24, 2.45) is 29.6 Å². The molecule has 0 aromatic carbocycles. The molecule has 1 amide bonds. The Hall–Kier alpha value is -2.31. The molecule has 1 aromatic heterocycles. The molecule has 0 unspecified atom stereocenters. The zero-order valence-corrected chi connectivity index (χ0v) is 20.5. The third-order valence-corrected chi connectivity index (χ3v) is 7.54. The van der Waals surface area contributed by atoms with Gasteiger partial charge in [-0.1, -0.05) is 26.8 Å². The first-order valence-corrected chi connectivity index (χ1v) is 12.7. The maximum absolute atomic E-state index is 13.4. The molecule has 0 spiro atoms. The van der Waals surface area contributed by atoms with Gasteiger partial charge in [-0.05, 0) is 75.0 Å². The summed E-state index contributed by atoms with van der Waals surface area (Å²) in [6.45, 7) is 9.05. The number of aromatic nitrogens is 2. The highest BCUT2D eigenvalue weighted by Gasteiger charge is 2.48. The number of hydrogen-bond donors (Lipinski definition) is 1. The minimum atomic E-state index is -0.309. The van der Waals surface area contributed by atoms with Crippen molar-refractivity contribution in [3.05, 3.63) is 23.4 Å². The monoisotopic (exact) mass is 457 g/mol. The summed E-state index contributed by atoms with van der Waals surface area (Å²) < 4.78 is 12.9. The van der Waals surface area contributed by atoms with E-state index in [9.17, 15) is 9.59 Å².